The summed E-state index contributed by atoms with van der Waals surface area (Å²) < 4.78 is 1.20. The summed E-state index contributed by atoms with van der Waals surface area (Å²) in [7, 11) is 0. The van der Waals surface area contributed by atoms with Crippen LogP contribution in [0.15, 0.2) is 28.1 Å². The standard InChI is InChI=1S/C15H16BrCl2NS/c1-3-19-13(14-6-9(2)15(16)20-14)8-10-4-5-11(17)12(18)7-10/h4-7,13,19H,3,8H2,1-2H3. The van der Waals surface area contributed by atoms with E-state index in [4.69, 9.17) is 23.2 Å². The molecule has 0 spiro atoms. The van der Waals surface area contributed by atoms with E-state index >= 15 is 0 Å². The van der Waals surface area contributed by atoms with E-state index in [1.54, 1.807) is 11.3 Å². The van der Waals surface area contributed by atoms with Crippen LogP contribution in [0.3, 0.4) is 0 Å². The molecule has 1 aromatic carbocycles. The minimum atomic E-state index is 0.298. The highest BCUT2D eigenvalue weighted by Gasteiger charge is 2.15. The lowest BCUT2D eigenvalue weighted by molar-refractivity contribution is 0.558. The molecule has 0 aliphatic carbocycles. The first-order valence-corrected chi connectivity index (χ1v) is 8.81. The highest BCUT2D eigenvalue weighted by atomic mass is 79.9. The van der Waals surface area contributed by atoms with E-state index in [1.165, 1.54) is 19.8 Å². The van der Waals surface area contributed by atoms with Crippen LogP contribution < -0.4 is 5.32 Å². The Bertz CT molecular complexity index is 578. The molecule has 1 heterocycles. The van der Waals surface area contributed by atoms with Crippen LogP contribution in [0.1, 0.15) is 29.0 Å². The van der Waals surface area contributed by atoms with Gasteiger partial charge >= 0.3 is 0 Å². The summed E-state index contributed by atoms with van der Waals surface area (Å²) in [5.41, 5.74) is 2.47. The smallest absolute Gasteiger partial charge is 0.0731 e. The first kappa shape index (κ1) is 16.3. The average molecular weight is 393 g/mol. The van der Waals surface area contributed by atoms with Crippen LogP contribution in [0, 0.1) is 6.92 Å². The Morgan fingerprint density at radius 3 is 2.55 bits per heavy atom. The van der Waals surface area contributed by atoms with Crippen molar-refractivity contribution in [2.75, 3.05) is 6.54 Å². The van der Waals surface area contributed by atoms with Crippen LogP contribution in [0.5, 0.6) is 0 Å². The van der Waals surface area contributed by atoms with Gasteiger partial charge in [0, 0.05) is 10.9 Å². The van der Waals surface area contributed by atoms with Gasteiger partial charge in [-0.3, -0.25) is 0 Å². The van der Waals surface area contributed by atoms with Gasteiger partial charge in [-0.05, 0) is 65.1 Å². The fraction of sp³-hybridized carbons (Fsp3) is 0.333. The summed E-state index contributed by atoms with van der Waals surface area (Å²) in [5, 5.41) is 4.75. The van der Waals surface area contributed by atoms with Crippen LogP contribution in [0.25, 0.3) is 0 Å². The Morgan fingerprint density at radius 1 is 1.25 bits per heavy atom. The molecule has 108 valence electrons. The van der Waals surface area contributed by atoms with Crippen molar-refractivity contribution in [2.24, 2.45) is 0 Å². The van der Waals surface area contributed by atoms with Crippen molar-refractivity contribution in [3.63, 3.8) is 0 Å². The van der Waals surface area contributed by atoms with Crippen LogP contribution in [-0.4, -0.2) is 6.54 Å². The van der Waals surface area contributed by atoms with Crippen molar-refractivity contribution >= 4 is 50.5 Å². The zero-order valence-electron chi connectivity index (χ0n) is 11.3. The van der Waals surface area contributed by atoms with Gasteiger partial charge in [0.1, 0.15) is 0 Å². The molecule has 0 saturated carbocycles. The van der Waals surface area contributed by atoms with E-state index < -0.39 is 0 Å². The second-order valence-electron chi connectivity index (χ2n) is 4.67. The average Bonchev–Trinajstić information content (AvgIpc) is 2.73. The number of benzene rings is 1. The molecule has 0 aliphatic heterocycles. The van der Waals surface area contributed by atoms with Gasteiger partial charge in [-0.2, -0.15) is 0 Å². The molecule has 0 aliphatic rings. The SMILES string of the molecule is CCNC(Cc1ccc(Cl)c(Cl)c1)c1cc(C)c(Br)s1. The maximum absolute atomic E-state index is 6.09. The summed E-state index contributed by atoms with van der Waals surface area (Å²) in [6.45, 7) is 5.17. The molecule has 0 saturated heterocycles. The van der Waals surface area contributed by atoms with Crippen LogP contribution >= 0.6 is 50.5 Å². The lowest BCUT2D eigenvalue weighted by Crippen LogP contribution is -2.22. The summed E-state index contributed by atoms with van der Waals surface area (Å²) in [5.74, 6) is 0. The first-order chi connectivity index (χ1) is 9.51. The maximum atomic E-state index is 6.09. The van der Waals surface area contributed by atoms with E-state index in [0.29, 0.717) is 16.1 Å². The Balaban J connectivity index is 2.22. The highest BCUT2D eigenvalue weighted by molar-refractivity contribution is 9.11. The topological polar surface area (TPSA) is 12.0 Å². The third-order valence-electron chi connectivity index (χ3n) is 3.09. The summed E-state index contributed by atoms with van der Waals surface area (Å²) in [6.07, 6.45) is 0.900. The number of thiophene rings is 1. The predicted octanol–water partition coefficient (Wildman–Crippen LogP) is 6.02. The van der Waals surface area contributed by atoms with E-state index in [9.17, 15) is 0 Å². The van der Waals surface area contributed by atoms with Crippen molar-refractivity contribution in [3.05, 3.63) is 54.1 Å². The molecular formula is C15H16BrCl2NS. The Labute approximate surface area is 142 Å². The maximum Gasteiger partial charge on any atom is 0.0731 e. The first-order valence-electron chi connectivity index (χ1n) is 6.44. The number of likely N-dealkylation sites (N-methyl/N-ethyl adjacent to an activating group) is 1. The van der Waals surface area contributed by atoms with Gasteiger partial charge in [-0.15, -0.1) is 11.3 Å². The van der Waals surface area contributed by atoms with Crippen LogP contribution in [0.2, 0.25) is 10.0 Å². The second kappa shape index (κ2) is 7.28. The number of rotatable bonds is 5. The van der Waals surface area contributed by atoms with Gasteiger partial charge in [0.15, 0.2) is 0 Å². The highest BCUT2D eigenvalue weighted by Crippen LogP contribution is 2.33. The molecule has 1 nitrogen and oxygen atoms in total. The molecule has 0 fully saturated rings. The Morgan fingerprint density at radius 2 is 2.00 bits per heavy atom. The van der Waals surface area contributed by atoms with E-state index in [1.807, 2.05) is 18.2 Å². The number of halogens is 3. The molecule has 2 rings (SSSR count). The molecular weight excluding hydrogens is 377 g/mol. The molecule has 5 heteroatoms. The van der Waals surface area contributed by atoms with Crippen LogP contribution in [0.4, 0.5) is 0 Å². The van der Waals surface area contributed by atoms with Gasteiger partial charge in [0.25, 0.3) is 0 Å². The number of nitrogens with one attached hydrogen (secondary N) is 1. The summed E-state index contributed by atoms with van der Waals surface area (Å²) in [6, 6.07) is 8.38. The molecule has 1 aromatic heterocycles. The fourth-order valence-electron chi connectivity index (χ4n) is 2.08. The predicted molar refractivity (Wildman–Crippen MR) is 93.3 cm³/mol. The Kier molecular flexibility index (Phi) is 5.94. The zero-order valence-corrected chi connectivity index (χ0v) is 15.3. The Hall–Kier alpha value is -0.0600. The zero-order chi connectivity index (χ0) is 14.7. The minimum Gasteiger partial charge on any atom is -0.309 e. The van der Waals surface area contributed by atoms with Crippen molar-refractivity contribution in [1.82, 2.24) is 5.32 Å². The van der Waals surface area contributed by atoms with Crippen molar-refractivity contribution in [3.8, 4) is 0 Å². The molecule has 0 amide bonds. The second-order valence-corrected chi connectivity index (χ2v) is 7.88. The van der Waals surface area contributed by atoms with Gasteiger partial charge in [0.2, 0.25) is 0 Å². The molecule has 20 heavy (non-hydrogen) atoms. The summed E-state index contributed by atoms with van der Waals surface area (Å²) >= 11 is 17.4. The van der Waals surface area contributed by atoms with E-state index in [2.05, 4.69) is 41.2 Å². The summed E-state index contributed by atoms with van der Waals surface area (Å²) in [4.78, 5) is 1.34. The quantitative estimate of drug-likeness (QED) is 0.655. The number of hydrogen-bond donors (Lipinski definition) is 1. The molecule has 1 unspecified atom stereocenters. The minimum absolute atomic E-state index is 0.298. The van der Waals surface area contributed by atoms with Gasteiger partial charge in [-0.25, -0.2) is 0 Å². The fourth-order valence-corrected chi connectivity index (χ4v) is 4.04. The molecule has 0 radical (unpaired) electrons. The van der Waals surface area contributed by atoms with Crippen molar-refractivity contribution in [1.29, 1.82) is 0 Å². The van der Waals surface area contributed by atoms with Gasteiger partial charge < -0.3 is 5.32 Å². The van der Waals surface area contributed by atoms with Gasteiger partial charge in [0.05, 0.1) is 13.8 Å². The third-order valence-corrected chi connectivity index (χ3v) is 6.08. The normalized spacial score (nSPS) is 12.7. The third kappa shape index (κ3) is 3.99. The monoisotopic (exact) mass is 391 g/mol. The molecule has 0 bridgehead atoms. The number of aryl methyl sites for hydroxylation is 1. The van der Waals surface area contributed by atoms with Crippen LogP contribution in [-0.2, 0) is 6.42 Å². The van der Waals surface area contributed by atoms with Crippen molar-refractivity contribution in [2.45, 2.75) is 26.3 Å². The lowest BCUT2D eigenvalue weighted by Gasteiger charge is -2.17. The van der Waals surface area contributed by atoms with Gasteiger partial charge in [-0.1, -0.05) is 36.2 Å². The van der Waals surface area contributed by atoms with E-state index in [0.717, 1.165) is 13.0 Å². The van der Waals surface area contributed by atoms with E-state index in [-0.39, 0.29) is 0 Å². The lowest BCUT2D eigenvalue weighted by atomic mass is 10.0. The van der Waals surface area contributed by atoms with Crippen molar-refractivity contribution < 1.29 is 0 Å². The molecule has 1 N–H and O–H groups in total. The largest absolute Gasteiger partial charge is 0.309 e. The number of hydrogen-bond acceptors (Lipinski definition) is 2. The molecule has 2 aromatic rings. The molecule has 1 atom stereocenters.